The second-order valence-electron chi connectivity index (χ2n) is 6.11. The minimum absolute atomic E-state index is 0.526. The molecule has 2 fully saturated rings. The Morgan fingerprint density at radius 1 is 0.950 bits per heavy atom. The normalized spacial score (nSPS) is 19.8. The molecular formula is C16H24N2O2. The van der Waals surface area contributed by atoms with Gasteiger partial charge < -0.3 is 15.2 Å². The van der Waals surface area contributed by atoms with Gasteiger partial charge in [0, 0.05) is 6.07 Å². The number of hydrogen-bond acceptors (Lipinski definition) is 4. The molecule has 2 saturated carbocycles. The standard InChI is InChI=1S/C16H24N2O2/c17-14-8-9-15(18-16(14)20-11-13-6-7-13)19-10-12-4-2-1-3-5-12/h8-9,12-13H,1-7,10-11,17H2. The molecule has 1 aromatic heterocycles. The second-order valence-corrected chi connectivity index (χ2v) is 6.11. The summed E-state index contributed by atoms with van der Waals surface area (Å²) in [5.41, 5.74) is 6.49. The lowest BCUT2D eigenvalue weighted by Crippen LogP contribution is -2.16. The van der Waals surface area contributed by atoms with Crippen LogP contribution >= 0.6 is 0 Å². The SMILES string of the molecule is Nc1ccc(OCC2CCCCC2)nc1OCC1CC1. The Morgan fingerprint density at radius 3 is 2.40 bits per heavy atom. The molecule has 3 rings (SSSR count). The Hall–Kier alpha value is -1.45. The zero-order valence-electron chi connectivity index (χ0n) is 12.0. The third-order valence-corrected chi connectivity index (χ3v) is 4.21. The van der Waals surface area contributed by atoms with Crippen LogP contribution in [0.1, 0.15) is 44.9 Å². The molecule has 0 bridgehead atoms. The number of ether oxygens (including phenoxy) is 2. The number of nitrogens with zero attached hydrogens (tertiary/aromatic N) is 1. The van der Waals surface area contributed by atoms with Crippen molar-refractivity contribution in [3.63, 3.8) is 0 Å². The van der Waals surface area contributed by atoms with Crippen LogP contribution in [0.4, 0.5) is 5.69 Å². The fourth-order valence-corrected chi connectivity index (χ4v) is 2.67. The van der Waals surface area contributed by atoms with Crippen LogP contribution in [-0.2, 0) is 0 Å². The monoisotopic (exact) mass is 276 g/mol. The summed E-state index contributed by atoms with van der Waals surface area (Å²) in [5, 5.41) is 0. The van der Waals surface area contributed by atoms with E-state index in [0.717, 1.165) is 13.2 Å². The van der Waals surface area contributed by atoms with Gasteiger partial charge in [-0.25, -0.2) is 0 Å². The van der Waals surface area contributed by atoms with Gasteiger partial charge in [-0.2, -0.15) is 4.98 Å². The zero-order chi connectivity index (χ0) is 13.8. The van der Waals surface area contributed by atoms with E-state index in [1.165, 1.54) is 44.9 Å². The Morgan fingerprint density at radius 2 is 1.65 bits per heavy atom. The van der Waals surface area contributed by atoms with Crippen molar-refractivity contribution in [1.29, 1.82) is 0 Å². The topological polar surface area (TPSA) is 57.4 Å². The molecule has 2 N–H and O–H groups in total. The highest BCUT2D eigenvalue weighted by molar-refractivity contribution is 5.49. The highest BCUT2D eigenvalue weighted by Gasteiger charge is 2.22. The van der Waals surface area contributed by atoms with Gasteiger partial charge in [0.1, 0.15) is 0 Å². The van der Waals surface area contributed by atoms with Crippen molar-refractivity contribution in [2.75, 3.05) is 18.9 Å². The minimum Gasteiger partial charge on any atom is -0.477 e. The maximum atomic E-state index is 5.89. The van der Waals surface area contributed by atoms with Crippen LogP contribution in [0.25, 0.3) is 0 Å². The number of anilines is 1. The number of aromatic nitrogens is 1. The van der Waals surface area contributed by atoms with E-state index >= 15 is 0 Å². The van der Waals surface area contributed by atoms with Gasteiger partial charge in [-0.3, -0.25) is 0 Å². The molecule has 0 unspecified atom stereocenters. The molecular weight excluding hydrogens is 252 g/mol. The molecule has 4 nitrogen and oxygen atoms in total. The van der Waals surface area contributed by atoms with Crippen LogP contribution in [-0.4, -0.2) is 18.2 Å². The molecule has 4 heteroatoms. The van der Waals surface area contributed by atoms with Crippen molar-refractivity contribution >= 4 is 5.69 Å². The summed E-state index contributed by atoms with van der Waals surface area (Å²) < 4.78 is 11.5. The molecule has 0 atom stereocenters. The van der Waals surface area contributed by atoms with Gasteiger partial charge in [-0.15, -0.1) is 0 Å². The average Bonchev–Trinajstić information content (AvgIpc) is 3.30. The molecule has 0 saturated heterocycles. The number of nitrogens with two attached hydrogens (primary N) is 1. The molecule has 0 radical (unpaired) electrons. The predicted octanol–water partition coefficient (Wildman–Crippen LogP) is 3.41. The van der Waals surface area contributed by atoms with Crippen LogP contribution in [0.3, 0.4) is 0 Å². The fraction of sp³-hybridized carbons (Fsp3) is 0.688. The summed E-state index contributed by atoms with van der Waals surface area (Å²) in [6.45, 7) is 1.49. The van der Waals surface area contributed by atoms with Crippen molar-refractivity contribution < 1.29 is 9.47 Å². The molecule has 0 aromatic carbocycles. The summed E-state index contributed by atoms with van der Waals surface area (Å²) in [6.07, 6.45) is 9.11. The lowest BCUT2D eigenvalue weighted by Gasteiger charge is -2.21. The molecule has 1 heterocycles. The van der Waals surface area contributed by atoms with Crippen LogP contribution in [0, 0.1) is 11.8 Å². The van der Waals surface area contributed by atoms with Gasteiger partial charge in [0.2, 0.25) is 11.8 Å². The van der Waals surface area contributed by atoms with Crippen molar-refractivity contribution in [1.82, 2.24) is 4.98 Å². The van der Waals surface area contributed by atoms with Gasteiger partial charge in [-0.05, 0) is 43.6 Å². The molecule has 2 aliphatic rings. The van der Waals surface area contributed by atoms with E-state index in [2.05, 4.69) is 4.98 Å². The fourth-order valence-electron chi connectivity index (χ4n) is 2.67. The lowest BCUT2D eigenvalue weighted by atomic mass is 9.90. The smallest absolute Gasteiger partial charge is 0.240 e. The van der Waals surface area contributed by atoms with Gasteiger partial charge in [-0.1, -0.05) is 19.3 Å². The Labute approximate surface area is 120 Å². The quantitative estimate of drug-likeness (QED) is 0.865. The maximum absolute atomic E-state index is 5.89. The van der Waals surface area contributed by atoms with Crippen molar-refractivity contribution in [2.45, 2.75) is 44.9 Å². The van der Waals surface area contributed by atoms with E-state index in [1.54, 1.807) is 0 Å². The summed E-state index contributed by atoms with van der Waals surface area (Å²) in [5.74, 6) is 2.54. The van der Waals surface area contributed by atoms with Crippen LogP contribution in [0.2, 0.25) is 0 Å². The Kier molecular flexibility index (Phi) is 4.28. The van der Waals surface area contributed by atoms with Gasteiger partial charge in [0.05, 0.1) is 18.9 Å². The summed E-state index contributed by atoms with van der Waals surface area (Å²) >= 11 is 0. The molecule has 1 aromatic rings. The number of hydrogen-bond donors (Lipinski definition) is 1. The third-order valence-electron chi connectivity index (χ3n) is 4.21. The third kappa shape index (κ3) is 3.78. The first-order chi connectivity index (χ1) is 9.81. The van der Waals surface area contributed by atoms with E-state index in [1.807, 2.05) is 12.1 Å². The van der Waals surface area contributed by atoms with E-state index in [4.69, 9.17) is 15.2 Å². The van der Waals surface area contributed by atoms with E-state index in [9.17, 15) is 0 Å². The molecule has 2 aliphatic carbocycles. The number of rotatable bonds is 6. The molecule has 110 valence electrons. The Bertz CT molecular complexity index is 440. The first-order valence-electron chi connectivity index (χ1n) is 7.83. The number of pyridine rings is 1. The number of nitrogen functional groups attached to an aromatic ring is 1. The van der Waals surface area contributed by atoms with Gasteiger partial charge >= 0.3 is 0 Å². The van der Waals surface area contributed by atoms with Crippen molar-refractivity contribution in [3.05, 3.63) is 12.1 Å². The molecule has 0 aliphatic heterocycles. The summed E-state index contributed by atoms with van der Waals surface area (Å²) in [4.78, 5) is 4.39. The van der Waals surface area contributed by atoms with Crippen LogP contribution in [0.15, 0.2) is 12.1 Å². The largest absolute Gasteiger partial charge is 0.477 e. The van der Waals surface area contributed by atoms with Crippen LogP contribution in [0.5, 0.6) is 11.8 Å². The summed E-state index contributed by atoms with van der Waals surface area (Å²) in [7, 11) is 0. The first kappa shape index (κ1) is 13.5. The lowest BCUT2D eigenvalue weighted by molar-refractivity contribution is 0.199. The highest BCUT2D eigenvalue weighted by Crippen LogP contribution is 2.31. The van der Waals surface area contributed by atoms with Crippen molar-refractivity contribution in [3.8, 4) is 11.8 Å². The zero-order valence-corrected chi connectivity index (χ0v) is 12.0. The molecule has 0 amide bonds. The average molecular weight is 276 g/mol. The van der Waals surface area contributed by atoms with E-state index in [-0.39, 0.29) is 0 Å². The first-order valence-corrected chi connectivity index (χ1v) is 7.83. The Balaban J connectivity index is 1.53. The van der Waals surface area contributed by atoms with Crippen LogP contribution < -0.4 is 15.2 Å². The second kappa shape index (κ2) is 6.33. The van der Waals surface area contributed by atoms with Gasteiger partial charge in [0.15, 0.2) is 0 Å². The van der Waals surface area contributed by atoms with Crippen molar-refractivity contribution in [2.24, 2.45) is 11.8 Å². The molecule has 0 spiro atoms. The summed E-state index contributed by atoms with van der Waals surface area (Å²) in [6, 6.07) is 3.66. The van der Waals surface area contributed by atoms with E-state index < -0.39 is 0 Å². The molecule has 20 heavy (non-hydrogen) atoms. The predicted molar refractivity (Wildman–Crippen MR) is 78.9 cm³/mol. The minimum atomic E-state index is 0.526. The highest BCUT2D eigenvalue weighted by atomic mass is 16.5. The van der Waals surface area contributed by atoms with Gasteiger partial charge in [0.25, 0.3) is 0 Å². The maximum Gasteiger partial charge on any atom is 0.240 e. The van der Waals surface area contributed by atoms with E-state index in [0.29, 0.717) is 29.3 Å².